The van der Waals surface area contributed by atoms with Crippen LogP contribution in [0.1, 0.15) is 18.1 Å². The molecule has 2 nitrogen and oxygen atoms in total. The van der Waals surface area contributed by atoms with Gasteiger partial charge in [0, 0.05) is 13.7 Å². The molecule has 0 aliphatic carbocycles. The summed E-state index contributed by atoms with van der Waals surface area (Å²) in [6.45, 7) is 3.87. The monoisotopic (exact) mass is 293 g/mol. The van der Waals surface area contributed by atoms with Crippen LogP contribution in [0, 0.1) is 11.7 Å². The molecule has 0 saturated carbocycles. The van der Waals surface area contributed by atoms with E-state index >= 15 is 0 Å². The highest BCUT2D eigenvalue weighted by Crippen LogP contribution is 2.32. The molecule has 1 unspecified atom stereocenters. The zero-order valence-electron chi connectivity index (χ0n) is 11.6. The van der Waals surface area contributed by atoms with E-state index in [4.69, 9.17) is 4.74 Å². The maximum absolute atomic E-state index is 13.1. The van der Waals surface area contributed by atoms with Gasteiger partial charge in [-0.15, -0.1) is 0 Å². The molecule has 1 atom stereocenters. The van der Waals surface area contributed by atoms with E-state index in [1.807, 2.05) is 6.92 Å². The number of hydrogen-bond donors (Lipinski definition) is 1. The summed E-state index contributed by atoms with van der Waals surface area (Å²) >= 11 is 0. The second-order valence-electron chi connectivity index (χ2n) is 4.82. The molecule has 0 radical (unpaired) electrons. The number of benzene rings is 1. The van der Waals surface area contributed by atoms with Crippen LogP contribution in [0.15, 0.2) is 18.2 Å². The number of halogens is 4. The first-order valence-corrected chi connectivity index (χ1v) is 6.40. The highest BCUT2D eigenvalue weighted by atomic mass is 19.4. The number of alkyl halides is 3. The summed E-state index contributed by atoms with van der Waals surface area (Å²) in [5, 5.41) is 3.14. The summed E-state index contributed by atoms with van der Waals surface area (Å²) in [6, 6.07) is 3.17. The van der Waals surface area contributed by atoms with Crippen LogP contribution in [0.25, 0.3) is 0 Å². The second-order valence-corrected chi connectivity index (χ2v) is 4.82. The molecular weight excluding hydrogens is 274 g/mol. The first-order valence-electron chi connectivity index (χ1n) is 6.40. The van der Waals surface area contributed by atoms with E-state index in [0.29, 0.717) is 31.7 Å². The highest BCUT2D eigenvalue weighted by molar-refractivity contribution is 5.27. The number of nitrogens with one attached hydrogen (secondary N) is 1. The van der Waals surface area contributed by atoms with Crippen LogP contribution >= 0.6 is 0 Å². The Labute approximate surface area is 116 Å². The van der Waals surface area contributed by atoms with Gasteiger partial charge in [-0.25, -0.2) is 4.39 Å². The minimum atomic E-state index is -4.65. The van der Waals surface area contributed by atoms with Gasteiger partial charge in [0.2, 0.25) is 0 Å². The molecule has 1 aromatic rings. The van der Waals surface area contributed by atoms with Crippen LogP contribution in [0.3, 0.4) is 0 Å². The summed E-state index contributed by atoms with van der Waals surface area (Å²) in [5.74, 6) is -1.08. The van der Waals surface area contributed by atoms with Gasteiger partial charge in [0.1, 0.15) is 5.82 Å². The lowest BCUT2D eigenvalue weighted by molar-refractivity contribution is -0.140. The van der Waals surface area contributed by atoms with Gasteiger partial charge in [-0.1, -0.05) is 13.0 Å². The molecule has 1 N–H and O–H groups in total. The molecule has 0 amide bonds. The summed E-state index contributed by atoms with van der Waals surface area (Å²) in [4.78, 5) is 0. The Bertz CT molecular complexity index is 420. The van der Waals surface area contributed by atoms with Gasteiger partial charge >= 0.3 is 6.18 Å². The molecule has 1 aromatic carbocycles. The number of hydrogen-bond acceptors (Lipinski definition) is 2. The molecule has 0 aromatic heterocycles. The Morgan fingerprint density at radius 1 is 1.30 bits per heavy atom. The second kappa shape index (κ2) is 7.59. The standard InChI is InChI=1S/C14H19F4NO/c1-10(9-19-5-6-20-2)7-11-3-4-13(15)12(8-11)14(16,17)18/h3-4,8,10,19H,5-7,9H2,1-2H3. The Morgan fingerprint density at radius 3 is 2.60 bits per heavy atom. The molecule has 0 saturated heterocycles. The summed E-state index contributed by atoms with van der Waals surface area (Å²) in [5.41, 5.74) is -0.714. The molecule has 114 valence electrons. The minimum absolute atomic E-state index is 0.151. The fourth-order valence-corrected chi connectivity index (χ4v) is 1.91. The summed E-state index contributed by atoms with van der Waals surface area (Å²) < 4.78 is 55.8. The van der Waals surface area contributed by atoms with Gasteiger partial charge in [-0.3, -0.25) is 0 Å². The molecule has 0 heterocycles. The van der Waals surface area contributed by atoms with Crippen molar-refractivity contribution >= 4 is 0 Å². The lowest BCUT2D eigenvalue weighted by Crippen LogP contribution is -2.25. The van der Waals surface area contributed by atoms with Gasteiger partial charge in [0.25, 0.3) is 0 Å². The Kier molecular flexibility index (Phi) is 6.42. The van der Waals surface area contributed by atoms with Crippen molar-refractivity contribution in [3.8, 4) is 0 Å². The molecule has 0 aliphatic rings. The predicted octanol–water partition coefficient (Wildman–Crippen LogP) is 3.26. The zero-order chi connectivity index (χ0) is 15.2. The Balaban J connectivity index is 2.60. The van der Waals surface area contributed by atoms with Crippen molar-refractivity contribution in [3.05, 3.63) is 35.1 Å². The summed E-state index contributed by atoms with van der Waals surface area (Å²) in [6.07, 6.45) is -4.19. The van der Waals surface area contributed by atoms with Crippen molar-refractivity contribution in [3.63, 3.8) is 0 Å². The van der Waals surface area contributed by atoms with E-state index in [1.54, 1.807) is 7.11 Å². The van der Waals surface area contributed by atoms with Crippen molar-refractivity contribution in [2.45, 2.75) is 19.5 Å². The van der Waals surface area contributed by atoms with Gasteiger partial charge in [-0.05, 0) is 36.6 Å². The summed E-state index contributed by atoms with van der Waals surface area (Å²) in [7, 11) is 1.60. The molecular formula is C14H19F4NO. The van der Waals surface area contributed by atoms with E-state index in [9.17, 15) is 17.6 Å². The highest BCUT2D eigenvalue weighted by Gasteiger charge is 2.34. The Hall–Kier alpha value is -1.14. The topological polar surface area (TPSA) is 21.3 Å². The lowest BCUT2D eigenvalue weighted by Gasteiger charge is -2.14. The normalized spacial score (nSPS) is 13.5. The van der Waals surface area contributed by atoms with Crippen LogP contribution in [0.5, 0.6) is 0 Å². The number of methoxy groups -OCH3 is 1. The van der Waals surface area contributed by atoms with Crippen molar-refractivity contribution < 1.29 is 22.3 Å². The van der Waals surface area contributed by atoms with Crippen LogP contribution in [0.2, 0.25) is 0 Å². The van der Waals surface area contributed by atoms with Gasteiger partial charge in [0.15, 0.2) is 0 Å². The van der Waals surface area contributed by atoms with E-state index in [2.05, 4.69) is 5.32 Å². The minimum Gasteiger partial charge on any atom is -0.383 e. The number of ether oxygens (including phenoxy) is 1. The van der Waals surface area contributed by atoms with Crippen LogP contribution in [-0.4, -0.2) is 26.8 Å². The van der Waals surface area contributed by atoms with E-state index in [-0.39, 0.29) is 5.92 Å². The average molecular weight is 293 g/mol. The molecule has 6 heteroatoms. The first-order chi connectivity index (χ1) is 9.34. The smallest absolute Gasteiger partial charge is 0.383 e. The van der Waals surface area contributed by atoms with Crippen molar-refractivity contribution in [2.24, 2.45) is 5.92 Å². The van der Waals surface area contributed by atoms with Crippen LogP contribution in [0.4, 0.5) is 17.6 Å². The van der Waals surface area contributed by atoms with Crippen molar-refractivity contribution in [1.29, 1.82) is 0 Å². The third kappa shape index (κ3) is 5.46. The van der Waals surface area contributed by atoms with E-state index in [1.165, 1.54) is 6.07 Å². The van der Waals surface area contributed by atoms with Crippen LogP contribution in [-0.2, 0) is 17.3 Å². The quantitative estimate of drug-likeness (QED) is 0.615. The molecule has 0 bridgehead atoms. The van der Waals surface area contributed by atoms with Gasteiger partial charge in [0.05, 0.1) is 12.2 Å². The molecule has 1 rings (SSSR count). The van der Waals surface area contributed by atoms with Gasteiger partial charge in [-0.2, -0.15) is 13.2 Å². The molecule has 0 spiro atoms. The molecule has 20 heavy (non-hydrogen) atoms. The zero-order valence-corrected chi connectivity index (χ0v) is 11.6. The van der Waals surface area contributed by atoms with Crippen molar-refractivity contribution in [2.75, 3.05) is 26.8 Å². The fraction of sp³-hybridized carbons (Fsp3) is 0.571. The molecule has 0 fully saturated rings. The largest absolute Gasteiger partial charge is 0.419 e. The Morgan fingerprint density at radius 2 is 2.00 bits per heavy atom. The van der Waals surface area contributed by atoms with Gasteiger partial charge < -0.3 is 10.1 Å². The third-order valence-corrected chi connectivity index (χ3v) is 2.90. The van der Waals surface area contributed by atoms with Crippen molar-refractivity contribution in [1.82, 2.24) is 5.32 Å². The van der Waals surface area contributed by atoms with E-state index in [0.717, 1.165) is 12.1 Å². The SMILES string of the molecule is COCCNCC(C)Cc1ccc(F)c(C(F)(F)F)c1. The average Bonchev–Trinajstić information content (AvgIpc) is 2.36. The lowest BCUT2D eigenvalue weighted by atomic mass is 9.99. The predicted molar refractivity (Wildman–Crippen MR) is 69.0 cm³/mol. The fourth-order valence-electron chi connectivity index (χ4n) is 1.91. The maximum atomic E-state index is 13.1. The maximum Gasteiger partial charge on any atom is 0.419 e. The first kappa shape index (κ1) is 16.9. The van der Waals surface area contributed by atoms with Crippen LogP contribution < -0.4 is 5.32 Å². The number of rotatable bonds is 7. The van der Waals surface area contributed by atoms with E-state index < -0.39 is 17.6 Å². The molecule has 0 aliphatic heterocycles. The third-order valence-electron chi connectivity index (χ3n) is 2.90.